The molecule has 1 N–H and O–H groups in total. The third-order valence-corrected chi connectivity index (χ3v) is 6.25. The number of aromatic amines is 1. The molecule has 1 atom stereocenters. The van der Waals surface area contributed by atoms with Crippen LogP contribution < -0.4 is 5.56 Å². The smallest absolute Gasteiger partial charge is 0.409 e. The summed E-state index contributed by atoms with van der Waals surface area (Å²) in [6, 6.07) is 6.07. The molecular formula is C29H36FN5O5. The van der Waals surface area contributed by atoms with E-state index >= 15 is 0 Å². The lowest BCUT2D eigenvalue weighted by molar-refractivity contribution is -0.127. The van der Waals surface area contributed by atoms with Crippen molar-refractivity contribution in [2.75, 3.05) is 28.2 Å². The van der Waals surface area contributed by atoms with E-state index < -0.39 is 18.0 Å². The highest BCUT2D eigenvalue weighted by Crippen LogP contribution is 2.20. The molecule has 0 radical (unpaired) electrons. The zero-order valence-electron chi connectivity index (χ0n) is 23.6. The lowest BCUT2D eigenvalue weighted by atomic mass is 10.0. The Hall–Kier alpha value is -4.28. The number of aromatic nitrogens is 3. The minimum absolute atomic E-state index is 0.104. The Bertz CT molecular complexity index is 1460. The molecule has 10 nitrogen and oxygen atoms in total. The lowest BCUT2D eigenvalue weighted by Gasteiger charge is -2.19. The molecule has 0 aliphatic rings. The maximum absolute atomic E-state index is 14.1. The number of likely N-dealkylation sites (N-methyl/N-ethyl adjacent to an activating group) is 1. The zero-order chi connectivity index (χ0) is 29.4. The summed E-state index contributed by atoms with van der Waals surface area (Å²) in [4.78, 5) is 60.7. The van der Waals surface area contributed by atoms with Gasteiger partial charge in [0.1, 0.15) is 11.6 Å². The first-order chi connectivity index (χ1) is 19.0. The molecule has 0 aliphatic heterocycles. The van der Waals surface area contributed by atoms with Crippen LogP contribution in [0.2, 0.25) is 0 Å². The second kappa shape index (κ2) is 13.7. The van der Waals surface area contributed by atoms with Gasteiger partial charge in [0.2, 0.25) is 5.91 Å². The summed E-state index contributed by atoms with van der Waals surface area (Å²) < 4.78 is 20.9. The number of fused-ring (bicyclic) bond motifs is 1. The number of imidazole rings is 1. The number of benzene rings is 1. The van der Waals surface area contributed by atoms with Crippen molar-refractivity contribution < 1.29 is 23.5 Å². The van der Waals surface area contributed by atoms with E-state index in [0.717, 1.165) is 12.0 Å². The number of amides is 2. The molecule has 0 unspecified atom stereocenters. The van der Waals surface area contributed by atoms with Gasteiger partial charge in [-0.1, -0.05) is 25.5 Å². The van der Waals surface area contributed by atoms with Crippen LogP contribution in [0.25, 0.3) is 11.0 Å². The van der Waals surface area contributed by atoms with Crippen molar-refractivity contribution in [3.63, 3.8) is 0 Å². The predicted octanol–water partition coefficient (Wildman–Crippen LogP) is 3.47. The summed E-state index contributed by atoms with van der Waals surface area (Å²) in [5.74, 6) is -0.497. The number of nitrogens with zero attached hydrogens (tertiary/aromatic N) is 4. The normalized spacial score (nSPS) is 12.1. The van der Waals surface area contributed by atoms with Gasteiger partial charge in [-0.3, -0.25) is 14.4 Å². The molecule has 40 heavy (non-hydrogen) atoms. The Labute approximate surface area is 232 Å². The third-order valence-electron chi connectivity index (χ3n) is 6.25. The monoisotopic (exact) mass is 553 g/mol. The van der Waals surface area contributed by atoms with Crippen molar-refractivity contribution in [3.8, 4) is 0 Å². The Morgan fingerprint density at radius 3 is 2.58 bits per heavy atom. The van der Waals surface area contributed by atoms with E-state index in [-0.39, 0.29) is 42.2 Å². The van der Waals surface area contributed by atoms with Crippen LogP contribution in [0, 0.1) is 5.82 Å². The van der Waals surface area contributed by atoms with Crippen LogP contribution in [0.15, 0.2) is 47.4 Å². The van der Waals surface area contributed by atoms with E-state index in [2.05, 4.69) is 9.97 Å². The molecule has 0 fully saturated rings. The first-order valence-corrected chi connectivity index (χ1v) is 13.1. The summed E-state index contributed by atoms with van der Waals surface area (Å²) >= 11 is 0. The summed E-state index contributed by atoms with van der Waals surface area (Å²) in [5, 5.41) is 0. The molecule has 1 aromatic carbocycles. The first-order valence-electron chi connectivity index (χ1n) is 13.1. The number of hydrogen-bond acceptors (Lipinski definition) is 6. The van der Waals surface area contributed by atoms with E-state index in [1.165, 1.54) is 46.7 Å². The number of rotatable bonds is 12. The largest absolute Gasteiger partial charge is 0.438 e. The van der Waals surface area contributed by atoms with Gasteiger partial charge in [0.25, 0.3) is 5.56 Å². The van der Waals surface area contributed by atoms with Gasteiger partial charge in [0.05, 0.1) is 17.6 Å². The molecule has 0 saturated heterocycles. The third kappa shape index (κ3) is 7.87. The van der Waals surface area contributed by atoms with Crippen LogP contribution in [-0.4, -0.2) is 76.4 Å². The standard InChI is InChI=1S/C29H36FN5O5/c1-6-10-19-15-21(30)17-22-27(19)32-25(31-22)18-35-14-9-11-20(28(35)38)16-23(36)24(40-29(39)34(4)5)12-7-8-13-26(37)33(2)3/h8-9,11,13-15,17,24H,6-7,10,12,16,18H2,1-5H3,(H,31,32)/b13-8+/t24-/m0/s1. The molecule has 3 aromatic rings. The maximum Gasteiger partial charge on any atom is 0.409 e. The molecular weight excluding hydrogens is 517 g/mol. The molecule has 0 spiro atoms. The molecule has 2 amide bonds. The first kappa shape index (κ1) is 30.3. The highest BCUT2D eigenvalue weighted by molar-refractivity contribution is 5.88. The lowest BCUT2D eigenvalue weighted by Crippen LogP contribution is -2.35. The summed E-state index contributed by atoms with van der Waals surface area (Å²) in [6.07, 6.45) is 4.59. The van der Waals surface area contributed by atoms with Gasteiger partial charge in [-0.05, 0) is 49.1 Å². The highest BCUT2D eigenvalue weighted by Gasteiger charge is 2.24. The number of halogens is 1. The quantitative estimate of drug-likeness (QED) is 0.343. The number of nitrogens with one attached hydrogen (secondary N) is 1. The number of Topliss-reactive ketones (excluding diaryl/α,β-unsaturated/α-hetero) is 1. The molecule has 214 valence electrons. The Kier molecular flexibility index (Phi) is 10.4. The number of ketones is 1. The summed E-state index contributed by atoms with van der Waals surface area (Å²) in [6.45, 7) is 2.11. The Balaban J connectivity index is 1.78. The van der Waals surface area contributed by atoms with E-state index in [9.17, 15) is 23.6 Å². The van der Waals surface area contributed by atoms with Crippen molar-refractivity contribution in [1.82, 2.24) is 24.3 Å². The van der Waals surface area contributed by atoms with Gasteiger partial charge in [-0.2, -0.15) is 0 Å². The van der Waals surface area contributed by atoms with Crippen molar-refractivity contribution in [1.29, 1.82) is 0 Å². The number of allylic oxidation sites excluding steroid dienone is 1. The second-order valence-electron chi connectivity index (χ2n) is 9.98. The minimum Gasteiger partial charge on any atom is -0.438 e. The van der Waals surface area contributed by atoms with E-state index in [1.54, 1.807) is 38.5 Å². The average molecular weight is 554 g/mol. The van der Waals surface area contributed by atoms with E-state index in [0.29, 0.717) is 29.7 Å². The van der Waals surface area contributed by atoms with Crippen LogP contribution in [0.4, 0.5) is 9.18 Å². The topological polar surface area (TPSA) is 118 Å². The second-order valence-corrected chi connectivity index (χ2v) is 9.98. The molecule has 11 heteroatoms. The van der Waals surface area contributed by atoms with Gasteiger partial charge in [-0.25, -0.2) is 14.2 Å². The van der Waals surface area contributed by atoms with Gasteiger partial charge < -0.3 is 24.1 Å². The zero-order valence-corrected chi connectivity index (χ0v) is 23.6. The number of carbonyl (C=O) groups excluding carboxylic acids is 3. The molecule has 3 rings (SSSR count). The molecule has 2 aromatic heterocycles. The van der Waals surface area contributed by atoms with Crippen molar-refractivity contribution in [2.45, 2.75) is 51.7 Å². The fourth-order valence-corrected chi connectivity index (χ4v) is 4.14. The van der Waals surface area contributed by atoms with Gasteiger partial charge in [0.15, 0.2) is 11.9 Å². The van der Waals surface area contributed by atoms with Crippen LogP contribution >= 0.6 is 0 Å². The van der Waals surface area contributed by atoms with Crippen LogP contribution in [0.1, 0.15) is 43.1 Å². The van der Waals surface area contributed by atoms with Gasteiger partial charge in [0, 0.05) is 46.4 Å². The highest BCUT2D eigenvalue weighted by atomic mass is 19.1. The van der Waals surface area contributed by atoms with Crippen molar-refractivity contribution in [2.24, 2.45) is 0 Å². The van der Waals surface area contributed by atoms with Crippen LogP contribution in [0.3, 0.4) is 0 Å². The van der Waals surface area contributed by atoms with E-state index in [1.807, 2.05) is 6.92 Å². The Morgan fingerprint density at radius 1 is 1.15 bits per heavy atom. The molecule has 0 aliphatic carbocycles. The molecule has 2 heterocycles. The number of carbonyl (C=O) groups is 3. The summed E-state index contributed by atoms with van der Waals surface area (Å²) in [5.41, 5.74) is 1.89. The van der Waals surface area contributed by atoms with Crippen LogP contribution in [-0.2, 0) is 33.7 Å². The van der Waals surface area contributed by atoms with Gasteiger partial charge >= 0.3 is 6.09 Å². The molecule has 0 bridgehead atoms. The Morgan fingerprint density at radius 2 is 1.90 bits per heavy atom. The number of aryl methyl sites for hydroxylation is 1. The van der Waals surface area contributed by atoms with Crippen LogP contribution in [0.5, 0.6) is 0 Å². The number of pyridine rings is 1. The number of H-pyrrole nitrogens is 1. The van der Waals surface area contributed by atoms with Crippen molar-refractivity contribution in [3.05, 3.63) is 75.7 Å². The maximum atomic E-state index is 14.1. The summed E-state index contributed by atoms with van der Waals surface area (Å²) in [7, 11) is 6.27. The fourth-order valence-electron chi connectivity index (χ4n) is 4.14. The number of ether oxygens (including phenoxy) is 1. The SMILES string of the molecule is CCCc1cc(F)cc2[nH]c(Cn3cccc(CC(=O)[C@H](CC/C=C/C(=O)N(C)C)OC(=O)N(C)C)c3=O)nc12. The minimum atomic E-state index is -1.09. The predicted molar refractivity (Wildman–Crippen MR) is 150 cm³/mol. The van der Waals surface area contributed by atoms with E-state index in [4.69, 9.17) is 4.74 Å². The van der Waals surface area contributed by atoms with Crippen molar-refractivity contribution >= 4 is 28.8 Å². The average Bonchev–Trinajstić information content (AvgIpc) is 3.30. The molecule has 0 saturated carbocycles. The number of hydrogen-bond donors (Lipinski definition) is 1. The fraction of sp³-hybridized carbons (Fsp3) is 0.414. The van der Waals surface area contributed by atoms with Gasteiger partial charge in [-0.15, -0.1) is 0 Å².